The number of amides is 3. The van der Waals surface area contributed by atoms with Crippen LogP contribution in [0.2, 0.25) is 0 Å². The molecule has 21 heavy (non-hydrogen) atoms. The molecule has 1 saturated heterocycles. The predicted molar refractivity (Wildman–Crippen MR) is 83.2 cm³/mol. The first kappa shape index (κ1) is 15.4. The molecular formula is C16H23N3O2. The van der Waals surface area contributed by atoms with Crippen molar-refractivity contribution in [2.45, 2.75) is 19.8 Å². The van der Waals surface area contributed by atoms with Crippen LogP contribution in [0.1, 0.15) is 18.4 Å². The summed E-state index contributed by atoms with van der Waals surface area (Å²) in [5.74, 6) is 0.206. The van der Waals surface area contributed by atoms with Crippen molar-refractivity contribution in [1.82, 2.24) is 9.80 Å². The summed E-state index contributed by atoms with van der Waals surface area (Å²) < 4.78 is 0. The van der Waals surface area contributed by atoms with E-state index in [0.717, 1.165) is 24.1 Å². The fourth-order valence-corrected chi connectivity index (χ4v) is 2.53. The maximum Gasteiger partial charge on any atom is 0.321 e. The lowest BCUT2D eigenvalue weighted by Crippen LogP contribution is -2.44. The minimum atomic E-state index is -0.0883. The molecule has 0 saturated carbocycles. The topological polar surface area (TPSA) is 52.7 Å². The smallest absolute Gasteiger partial charge is 0.321 e. The van der Waals surface area contributed by atoms with E-state index in [1.54, 1.807) is 23.9 Å². The largest absolute Gasteiger partial charge is 0.349 e. The molecule has 2 rings (SSSR count). The van der Waals surface area contributed by atoms with Gasteiger partial charge < -0.3 is 15.1 Å². The van der Waals surface area contributed by atoms with Crippen LogP contribution in [0.3, 0.4) is 0 Å². The number of nitrogens with one attached hydrogen (secondary N) is 1. The van der Waals surface area contributed by atoms with Gasteiger partial charge in [-0.2, -0.15) is 0 Å². The van der Waals surface area contributed by atoms with Gasteiger partial charge in [-0.3, -0.25) is 4.79 Å². The summed E-state index contributed by atoms with van der Waals surface area (Å²) in [6.45, 7) is 3.27. The van der Waals surface area contributed by atoms with Gasteiger partial charge in [-0.1, -0.05) is 17.7 Å². The molecule has 1 aromatic rings. The van der Waals surface area contributed by atoms with Crippen LogP contribution in [-0.2, 0) is 4.79 Å². The van der Waals surface area contributed by atoms with Gasteiger partial charge in [0.05, 0.1) is 0 Å². The minimum Gasteiger partial charge on any atom is -0.349 e. The van der Waals surface area contributed by atoms with E-state index in [9.17, 15) is 9.59 Å². The first-order chi connectivity index (χ1) is 9.97. The number of rotatable bonds is 2. The fourth-order valence-electron chi connectivity index (χ4n) is 2.53. The molecule has 1 heterocycles. The van der Waals surface area contributed by atoms with E-state index in [4.69, 9.17) is 0 Å². The van der Waals surface area contributed by atoms with Gasteiger partial charge in [-0.25, -0.2) is 4.79 Å². The SMILES string of the molecule is Cc1ccc(NC(=O)N2CCC(C(=O)N(C)C)CC2)cc1. The highest BCUT2D eigenvalue weighted by molar-refractivity contribution is 5.89. The number of carbonyl (C=O) groups excluding carboxylic acids is 2. The molecule has 1 aromatic carbocycles. The van der Waals surface area contributed by atoms with Crippen LogP contribution in [0.25, 0.3) is 0 Å². The number of carbonyl (C=O) groups is 2. The second-order valence-corrected chi connectivity index (χ2v) is 5.79. The number of hydrogen-bond acceptors (Lipinski definition) is 2. The monoisotopic (exact) mass is 289 g/mol. The molecule has 1 fully saturated rings. The van der Waals surface area contributed by atoms with Gasteiger partial charge in [-0.15, -0.1) is 0 Å². The van der Waals surface area contributed by atoms with Crippen LogP contribution >= 0.6 is 0 Å². The van der Waals surface area contributed by atoms with Crippen molar-refractivity contribution in [2.24, 2.45) is 5.92 Å². The predicted octanol–water partition coefficient (Wildman–Crippen LogP) is 2.33. The van der Waals surface area contributed by atoms with E-state index in [2.05, 4.69) is 5.32 Å². The van der Waals surface area contributed by atoms with Crippen LogP contribution in [0.4, 0.5) is 10.5 Å². The average molecular weight is 289 g/mol. The summed E-state index contributed by atoms with van der Waals surface area (Å²) in [6.07, 6.45) is 1.47. The molecule has 1 aliphatic rings. The molecule has 0 aromatic heterocycles. The Hall–Kier alpha value is -2.04. The molecule has 0 spiro atoms. The van der Waals surface area contributed by atoms with Crippen LogP contribution < -0.4 is 5.32 Å². The molecule has 0 unspecified atom stereocenters. The number of piperidine rings is 1. The van der Waals surface area contributed by atoms with E-state index >= 15 is 0 Å². The Morgan fingerprint density at radius 2 is 1.71 bits per heavy atom. The summed E-state index contributed by atoms with van der Waals surface area (Å²) in [5.41, 5.74) is 1.97. The van der Waals surface area contributed by atoms with E-state index < -0.39 is 0 Å². The molecule has 0 aliphatic carbocycles. The molecule has 114 valence electrons. The van der Waals surface area contributed by atoms with Gasteiger partial charge in [0.25, 0.3) is 0 Å². The Labute approximate surface area is 125 Å². The van der Waals surface area contributed by atoms with Gasteiger partial charge in [0.15, 0.2) is 0 Å². The van der Waals surface area contributed by atoms with Crippen LogP contribution in [0, 0.1) is 12.8 Å². The highest BCUT2D eigenvalue weighted by Crippen LogP contribution is 2.20. The summed E-state index contributed by atoms with van der Waals surface area (Å²) in [4.78, 5) is 27.5. The van der Waals surface area contributed by atoms with Crippen molar-refractivity contribution in [3.8, 4) is 0 Å². The summed E-state index contributed by atoms with van der Waals surface area (Å²) in [7, 11) is 3.55. The lowest BCUT2D eigenvalue weighted by molar-refractivity contribution is -0.134. The Morgan fingerprint density at radius 1 is 1.14 bits per heavy atom. The van der Waals surface area contributed by atoms with E-state index in [1.165, 1.54) is 0 Å². The highest BCUT2D eigenvalue weighted by atomic mass is 16.2. The zero-order chi connectivity index (χ0) is 15.4. The second-order valence-electron chi connectivity index (χ2n) is 5.79. The Balaban J connectivity index is 1.86. The van der Waals surface area contributed by atoms with Crippen molar-refractivity contribution >= 4 is 17.6 Å². The Kier molecular flexibility index (Phi) is 4.83. The summed E-state index contributed by atoms with van der Waals surface area (Å²) >= 11 is 0. The highest BCUT2D eigenvalue weighted by Gasteiger charge is 2.28. The van der Waals surface area contributed by atoms with Gasteiger partial charge in [0, 0.05) is 38.8 Å². The third-order valence-corrected chi connectivity index (χ3v) is 3.88. The van der Waals surface area contributed by atoms with Gasteiger partial charge in [-0.05, 0) is 31.9 Å². The number of benzene rings is 1. The molecular weight excluding hydrogens is 266 g/mol. The number of likely N-dealkylation sites (tertiary alicyclic amines) is 1. The lowest BCUT2D eigenvalue weighted by Gasteiger charge is -2.32. The normalized spacial score (nSPS) is 15.7. The number of hydrogen-bond donors (Lipinski definition) is 1. The minimum absolute atomic E-state index is 0.0448. The molecule has 0 atom stereocenters. The summed E-state index contributed by atoms with van der Waals surface area (Å²) in [6, 6.07) is 7.65. The third kappa shape index (κ3) is 3.97. The van der Waals surface area contributed by atoms with Crippen molar-refractivity contribution in [3.05, 3.63) is 29.8 Å². The quantitative estimate of drug-likeness (QED) is 0.908. The van der Waals surface area contributed by atoms with Crippen LogP contribution in [0.15, 0.2) is 24.3 Å². The zero-order valence-electron chi connectivity index (χ0n) is 12.9. The molecule has 5 nitrogen and oxygen atoms in total. The first-order valence-electron chi connectivity index (χ1n) is 7.31. The van der Waals surface area contributed by atoms with E-state index in [-0.39, 0.29) is 17.9 Å². The van der Waals surface area contributed by atoms with E-state index in [0.29, 0.717) is 13.1 Å². The third-order valence-electron chi connectivity index (χ3n) is 3.88. The molecule has 0 radical (unpaired) electrons. The zero-order valence-corrected chi connectivity index (χ0v) is 12.9. The van der Waals surface area contributed by atoms with Crippen molar-refractivity contribution in [3.63, 3.8) is 0 Å². The van der Waals surface area contributed by atoms with Crippen molar-refractivity contribution in [2.75, 3.05) is 32.5 Å². The number of aryl methyl sites for hydroxylation is 1. The van der Waals surface area contributed by atoms with Crippen molar-refractivity contribution in [1.29, 1.82) is 0 Å². The molecule has 1 N–H and O–H groups in total. The Morgan fingerprint density at radius 3 is 2.24 bits per heavy atom. The Bertz CT molecular complexity index is 503. The van der Waals surface area contributed by atoms with Crippen LogP contribution in [0.5, 0.6) is 0 Å². The molecule has 3 amide bonds. The lowest BCUT2D eigenvalue weighted by atomic mass is 9.96. The average Bonchev–Trinajstić information content (AvgIpc) is 2.49. The maximum atomic E-state index is 12.2. The summed E-state index contributed by atoms with van der Waals surface area (Å²) in [5, 5.41) is 2.90. The van der Waals surface area contributed by atoms with Gasteiger partial charge in [0.1, 0.15) is 0 Å². The van der Waals surface area contributed by atoms with Gasteiger partial charge in [0.2, 0.25) is 5.91 Å². The molecule has 1 aliphatic heterocycles. The number of anilines is 1. The number of nitrogens with zero attached hydrogens (tertiary/aromatic N) is 2. The van der Waals surface area contributed by atoms with Crippen LogP contribution in [-0.4, -0.2) is 48.9 Å². The second kappa shape index (κ2) is 6.61. The molecule has 5 heteroatoms. The number of urea groups is 1. The van der Waals surface area contributed by atoms with Gasteiger partial charge >= 0.3 is 6.03 Å². The van der Waals surface area contributed by atoms with E-state index in [1.807, 2.05) is 31.2 Å². The maximum absolute atomic E-state index is 12.2. The standard InChI is InChI=1S/C16H23N3O2/c1-12-4-6-14(7-5-12)17-16(21)19-10-8-13(9-11-19)15(20)18(2)3/h4-7,13H,8-11H2,1-3H3,(H,17,21). The van der Waals surface area contributed by atoms with Crippen molar-refractivity contribution < 1.29 is 9.59 Å². The fraction of sp³-hybridized carbons (Fsp3) is 0.500. The molecule has 0 bridgehead atoms. The first-order valence-corrected chi connectivity index (χ1v) is 7.31.